The monoisotopic (exact) mass is 350 g/mol. The summed E-state index contributed by atoms with van der Waals surface area (Å²) in [4.78, 5) is 18.9. The van der Waals surface area contributed by atoms with Crippen LogP contribution in [0.4, 0.5) is 0 Å². The second kappa shape index (κ2) is 7.36. The number of likely N-dealkylation sites (tertiary alicyclic amines) is 1. The molecule has 0 aliphatic carbocycles. The van der Waals surface area contributed by atoms with Crippen molar-refractivity contribution < 1.29 is 4.79 Å². The number of halogens is 1. The molecule has 122 valence electrons. The van der Waals surface area contributed by atoms with Gasteiger partial charge in [0.25, 0.3) is 0 Å². The molecule has 23 heavy (non-hydrogen) atoms. The number of carbonyl (C=O) groups excluding carboxylic acids is 1. The summed E-state index contributed by atoms with van der Waals surface area (Å²) in [5.74, 6) is 0.856. The van der Waals surface area contributed by atoms with Crippen LogP contribution in [0.5, 0.6) is 0 Å². The third-order valence-corrected chi connectivity index (χ3v) is 5.08. The van der Waals surface area contributed by atoms with Crippen LogP contribution in [0.2, 0.25) is 5.02 Å². The molecule has 2 aromatic rings. The summed E-state index contributed by atoms with van der Waals surface area (Å²) in [7, 11) is 0. The van der Waals surface area contributed by atoms with E-state index in [1.54, 1.807) is 0 Å². The second-order valence-electron chi connectivity index (χ2n) is 5.62. The number of hydrogen-bond donors (Lipinski definition) is 1. The second-order valence-corrected chi connectivity index (χ2v) is 7.36. The molecule has 1 aliphatic heterocycles. The van der Waals surface area contributed by atoms with Crippen molar-refractivity contribution in [2.24, 2.45) is 0 Å². The Bertz CT molecular complexity index is 667. The van der Waals surface area contributed by atoms with E-state index in [0.29, 0.717) is 16.0 Å². The van der Waals surface area contributed by atoms with Crippen LogP contribution in [-0.4, -0.2) is 44.3 Å². The summed E-state index contributed by atoms with van der Waals surface area (Å²) in [6, 6.07) is 7.41. The van der Waals surface area contributed by atoms with Crippen molar-refractivity contribution in [3.8, 4) is 11.4 Å². The molecule has 2 heterocycles. The van der Waals surface area contributed by atoms with Crippen molar-refractivity contribution in [1.29, 1.82) is 0 Å². The zero-order valence-electron chi connectivity index (χ0n) is 13.0. The molecule has 1 aliphatic rings. The Morgan fingerprint density at radius 3 is 2.65 bits per heavy atom. The predicted molar refractivity (Wildman–Crippen MR) is 92.6 cm³/mol. The van der Waals surface area contributed by atoms with Crippen molar-refractivity contribution in [3.63, 3.8) is 0 Å². The quantitative estimate of drug-likeness (QED) is 0.855. The maximum atomic E-state index is 12.4. The van der Waals surface area contributed by atoms with Crippen LogP contribution < -0.4 is 0 Å². The molecule has 0 saturated carbocycles. The minimum Gasteiger partial charge on any atom is -0.342 e. The van der Waals surface area contributed by atoms with Crippen molar-refractivity contribution in [2.45, 2.75) is 36.6 Å². The molecule has 1 fully saturated rings. The average molecular weight is 351 g/mol. The van der Waals surface area contributed by atoms with E-state index in [-0.39, 0.29) is 11.2 Å². The minimum atomic E-state index is -0.179. The standard InChI is InChI=1S/C16H19ClN4OS/c1-11(15(22)21-9-3-2-4-10-21)23-16-18-14(19-20-16)12-5-7-13(17)8-6-12/h5-8,11H,2-4,9-10H2,1H3,(H,18,19,20)/t11-/m0/s1. The Morgan fingerprint density at radius 1 is 1.26 bits per heavy atom. The number of aromatic amines is 1. The molecule has 1 atom stereocenters. The summed E-state index contributed by atoms with van der Waals surface area (Å²) in [5, 5.41) is 8.22. The first-order valence-electron chi connectivity index (χ1n) is 7.77. The molecule has 1 aromatic heterocycles. The van der Waals surface area contributed by atoms with Gasteiger partial charge in [0.05, 0.1) is 5.25 Å². The molecular formula is C16H19ClN4OS. The molecule has 3 rings (SSSR count). The number of amides is 1. The highest BCUT2D eigenvalue weighted by Crippen LogP contribution is 2.25. The number of carbonyl (C=O) groups is 1. The van der Waals surface area contributed by atoms with Crippen LogP contribution in [0, 0.1) is 0 Å². The fourth-order valence-corrected chi connectivity index (χ4v) is 3.55. The first kappa shape index (κ1) is 16.3. The van der Waals surface area contributed by atoms with E-state index >= 15 is 0 Å². The zero-order chi connectivity index (χ0) is 16.2. The van der Waals surface area contributed by atoms with E-state index in [4.69, 9.17) is 11.6 Å². The molecule has 7 heteroatoms. The lowest BCUT2D eigenvalue weighted by Gasteiger charge is -2.28. The number of hydrogen-bond acceptors (Lipinski definition) is 4. The van der Waals surface area contributed by atoms with Crippen LogP contribution in [0.3, 0.4) is 0 Å². The molecule has 0 radical (unpaired) electrons. The fourth-order valence-electron chi connectivity index (χ4n) is 2.62. The van der Waals surface area contributed by atoms with Gasteiger partial charge in [-0.05, 0) is 50.5 Å². The Morgan fingerprint density at radius 2 is 1.96 bits per heavy atom. The molecule has 0 bridgehead atoms. The Labute approximate surface area is 144 Å². The van der Waals surface area contributed by atoms with Gasteiger partial charge in [0, 0.05) is 23.7 Å². The van der Waals surface area contributed by atoms with Gasteiger partial charge < -0.3 is 4.90 Å². The SMILES string of the molecule is C[C@H](Sc1n[nH]c(-c2ccc(Cl)cc2)n1)C(=O)N1CCCCC1. The largest absolute Gasteiger partial charge is 0.342 e. The fraction of sp³-hybridized carbons (Fsp3) is 0.438. The number of H-pyrrole nitrogens is 1. The highest BCUT2D eigenvalue weighted by molar-refractivity contribution is 8.00. The molecule has 1 N–H and O–H groups in total. The van der Waals surface area contributed by atoms with E-state index in [9.17, 15) is 4.79 Å². The number of nitrogens with one attached hydrogen (secondary N) is 1. The normalized spacial score (nSPS) is 16.3. The van der Waals surface area contributed by atoms with Crippen molar-refractivity contribution in [1.82, 2.24) is 20.1 Å². The zero-order valence-corrected chi connectivity index (χ0v) is 14.5. The van der Waals surface area contributed by atoms with E-state index in [2.05, 4.69) is 15.2 Å². The first-order valence-corrected chi connectivity index (χ1v) is 9.03. The maximum absolute atomic E-state index is 12.4. The van der Waals surface area contributed by atoms with Gasteiger partial charge in [-0.25, -0.2) is 4.98 Å². The molecule has 0 unspecified atom stereocenters. The molecule has 5 nitrogen and oxygen atoms in total. The van der Waals surface area contributed by atoms with Crippen molar-refractivity contribution in [2.75, 3.05) is 13.1 Å². The number of nitrogens with zero attached hydrogens (tertiary/aromatic N) is 3. The summed E-state index contributed by atoms with van der Waals surface area (Å²) in [5.41, 5.74) is 0.920. The highest BCUT2D eigenvalue weighted by Gasteiger charge is 2.24. The lowest BCUT2D eigenvalue weighted by atomic mass is 10.1. The number of rotatable bonds is 4. The van der Waals surface area contributed by atoms with Crippen LogP contribution in [-0.2, 0) is 4.79 Å². The Kier molecular flexibility index (Phi) is 5.23. The number of thioether (sulfide) groups is 1. The molecular weight excluding hydrogens is 332 g/mol. The van der Waals surface area contributed by atoms with Crippen molar-refractivity contribution >= 4 is 29.3 Å². The summed E-state index contributed by atoms with van der Waals surface area (Å²) in [6.07, 6.45) is 3.42. The minimum absolute atomic E-state index is 0.174. The molecule has 1 saturated heterocycles. The van der Waals surface area contributed by atoms with Crippen LogP contribution in [0.15, 0.2) is 29.4 Å². The summed E-state index contributed by atoms with van der Waals surface area (Å²) >= 11 is 7.28. The van der Waals surface area contributed by atoms with Crippen LogP contribution in [0.25, 0.3) is 11.4 Å². The molecule has 1 amide bonds. The topological polar surface area (TPSA) is 61.9 Å². The smallest absolute Gasteiger partial charge is 0.235 e. The third kappa shape index (κ3) is 4.06. The van der Waals surface area contributed by atoms with Crippen LogP contribution >= 0.6 is 23.4 Å². The van der Waals surface area contributed by atoms with Gasteiger partial charge in [-0.15, -0.1) is 5.10 Å². The number of piperidine rings is 1. The van der Waals surface area contributed by atoms with Crippen molar-refractivity contribution in [3.05, 3.63) is 29.3 Å². The van der Waals surface area contributed by atoms with Gasteiger partial charge in [-0.3, -0.25) is 9.89 Å². The van der Waals surface area contributed by atoms with Gasteiger partial charge in [-0.2, -0.15) is 0 Å². The van der Waals surface area contributed by atoms with Crippen LogP contribution in [0.1, 0.15) is 26.2 Å². The first-order chi connectivity index (χ1) is 11.1. The summed E-state index contributed by atoms with van der Waals surface area (Å²) in [6.45, 7) is 3.65. The summed E-state index contributed by atoms with van der Waals surface area (Å²) < 4.78 is 0. The van der Waals surface area contributed by atoms with E-state index in [1.165, 1.54) is 18.2 Å². The van der Waals surface area contributed by atoms with E-state index in [1.807, 2.05) is 36.1 Å². The Hall–Kier alpha value is -1.53. The van der Waals surface area contributed by atoms with Gasteiger partial charge in [0.15, 0.2) is 5.82 Å². The van der Waals surface area contributed by atoms with Gasteiger partial charge in [0.1, 0.15) is 0 Å². The van der Waals surface area contributed by atoms with E-state index in [0.717, 1.165) is 31.5 Å². The average Bonchev–Trinajstić information content (AvgIpc) is 3.04. The third-order valence-electron chi connectivity index (χ3n) is 3.88. The highest BCUT2D eigenvalue weighted by atomic mass is 35.5. The van der Waals surface area contributed by atoms with Gasteiger partial charge in [-0.1, -0.05) is 23.4 Å². The van der Waals surface area contributed by atoms with Gasteiger partial charge >= 0.3 is 0 Å². The van der Waals surface area contributed by atoms with E-state index < -0.39 is 0 Å². The lowest BCUT2D eigenvalue weighted by Crippen LogP contribution is -2.40. The molecule has 0 spiro atoms. The maximum Gasteiger partial charge on any atom is 0.235 e. The lowest BCUT2D eigenvalue weighted by molar-refractivity contribution is -0.131. The number of aromatic nitrogens is 3. The number of benzene rings is 1. The van der Waals surface area contributed by atoms with Gasteiger partial charge in [0.2, 0.25) is 11.1 Å². The predicted octanol–water partition coefficient (Wildman–Crippen LogP) is 3.62. The molecule has 1 aromatic carbocycles. The Balaban J connectivity index is 1.64.